The highest BCUT2D eigenvalue weighted by Crippen LogP contribution is 2.23. The topological polar surface area (TPSA) is 54.7 Å². The van der Waals surface area contributed by atoms with Crippen LogP contribution in [0.4, 0.5) is 0 Å². The molecule has 0 aromatic carbocycles. The molecule has 1 aliphatic rings. The third-order valence-electron chi connectivity index (χ3n) is 3.68. The van der Waals surface area contributed by atoms with E-state index in [-0.39, 0.29) is 12.0 Å². The summed E-state index contributed by atoms with van der Waals surface area (Å²) in [4.78, 5) is 14.3. The number of β-amino-alcohol motifs (C(OH)–C–C–N with tert-alkyl or cyclic N) is 1. The summed E-state index contributed by atoms with van der Waals surface area (Å²) in [6, 6.07) is 3.80. The fourth-order valence-electron chi connectivity index (χ4n) is 2.51. The molecular weight excluding hydrogens is 244 g/mol. The Hall–Kier alpha value is -1.33. The van der Waals surface area contributed by atoms with Crippen LogP contribution in [0.25, 0.3) is 0 Å². The Morgan fingerprint density at radius 2 is 2.00 bits per heavy atom. The van der Waals surface area contributed by atoms with Crippen molar-refractivity contribution in [2.75, 3.05) is 19.7 Å². The molecule has 2 rings (SSSR count). The molecule has 1 aromatic rings. The normalized spacial score (nSPS) is 23.9. The fraction of sp³-hybridized carbons (Fsp3) is 0.643. The van der Waals surface area contributed by atoms with Gasteiger partial charge in [0.05, 0.1) is 6.10 Å². The van der Waals surface area contributed by atoms with Crippen LogP contribution in [0.3, 0.4) is 0 Å². The van der Waals surface area contributed by atoms with E-state index in [1.807, 2.05) is 49.9 Å². The fourth-order valence-corrected chi connectivity index (χ4v) is 2.51. The Morgan fingerprint density at radius 3 is 2.58 bits per heavy atom. The maximum atomic E-state index is 12.6. The van der Waals surface area contributed by atoms with Gasteiger partial charge in [-0.25, -0.2) is 0 Å². The largest absolute Gasteiger partial charge is 0.388 e. The monoisotopic (exact) mass is 266 g/mol. The van der Waals surface area contributed by atoms with E-state index in [1.165, 1.54) is 0 Å². The summed E-state index contributed by atoms with van der Waals surface area (Å²) in [5, 5.41) is 9.91. The number of nitrogens with zero attached hydrogens (tertiary/aromatic N) is 2. The molecule has 1 amide bonds. The van der Waals surface area contributed by atoms with Crippen molar-refractivity contribution >= 4 is 5.91 Å². The quantitative estimate of drug-likeness (QED) is 0.878. The van der Waals surface area contributed by atoms with Gasteiger partial charge in [-0.05, 0) is 32.9 Å². The van der Waals surface area contributed by atoms with Crippen LogP contribution in [0.5, 0.6) is 0 Å². The average molecular weight is 266 g/mol. The van der Waals surface area contributed by atoms with E-state index in [4.69, 9.17) is 4.74 Å². The van der Waals surface area contributed by atoms with Crippen molar-refractivity contribution in [2.24, 2.45) is 0 Å². The van der Waals surface area contributed by atoms with E-state index in [1.54, 1.807) is 4.90 Å². The Labute approximate surface area is 113 Å². The van der Waals surface area contributed by atoms with Crippen LogP contribution in [0.15, 0.2) is 24.5 Å². The van der Waals surface area contributed by atoms with Crippen molar-refractivity contribution in [1.82, 2.24) is 9.47 Å². The number of hydrogen-bond donors (Lipinski definition) is 1. The van der Waals surface area contributed by atoms with Crippen molar-refractivity contribution < 1.29 is 14.6 Å². The van der Waals surface area contributed by atoms with Crippen molar-refractivity contribution in [1.29, 1.82) is 0 Å². The van der Waals surface area contributed by atoms with E-state index in [2.05, 4.69) is 0 Å². The molecule has 5 nitrogen and oxygen atoms in total. The van der Waals surface area contributed by atoms with Crippen LogP contribution in [0.1, 0.15) is 20.8 Å². The Balaban J connectivity index is 2.09. The summed E-state index contributed by atoms with van der Waals surface area (Å²) in [6.07, 6.45) is 2.90. The lowest BCUT2D eigenvalue weighted by atomic mass is 10.0. The van der Waals surface area contributed by atoms with Gasteiger partial charge in [-0.1, -0.05) is 0 Å². The number of aliphatic hydroxyl groups is 1. The number of aromatic nitrogens is 1. The first kappa shape index (κ1) is 14.1. The first-order valence-electron chi connectivity index (χ1n) is 6.69. The number of amides is 1. The smallest absolute Gasteiger partial charge is 0.248 e. The van der Waals surface area contributed by atoms with Gasteiger partial charge in [0.2, 0.25) is 5.91 Å². The Morgan fingerprint density at radius 1 is 1.37 bits per heavy atom. The Bertz CT molecular complexity index is 428. The summed E-state index contributed by atoms with van der Waals surface area (Å²) >= 11 is 0. The van der Waals surface area contributed by atoms with Gasteiger partial charge in [0.25, 0.3) is 0 Å². The van der Waals surface area contributed by atoms with Crippen molar-refractivity contribution in [2.45, 2.75) is 38.5 Å². The van der Waals surface area contributed by atoms with Gasteiger partial charge in [0, 0.05) is 32.1 Å². The molecule has 106 valence electrons. The standard InChI is InChI=1S/C14H22N2O3/c1-4-19-12-10-15(9-11(12)17)13(18)14(2,3)16-7-5-6-8-16/h5-8,11-12,17H,4,9-10H2,1-3H3. The minimum absolute atomic E-state index is 0.00459. The maximum absolute atomic E-state index is 12.6. The number of carbonyl (C=O) groups excluding carboxylic acids is 1. The van der Waals surface area contributed by atoms with E-state index in [0.29, 0.717) is 19.7 Å². The zero-order valence-corrected chi connectivity index (χ0v) is 11.7. The SMILES string of the molecule is CCOC1CN(C(=O)C(C)(C)n2cccc2)CC1O. The predicted octanol–water partition coefficient (Wildman–Crippen LogP) is 0.831. The van der Waals surface area contributed by atoms with Gasteiger partial charge < -0.3 is 19.3 Å². The highest BCUT2D eigenvalue weighted by atomic mass is 16.5. The van der Waals surface area contributed by atoms with Crippen LogP contribution in [0.2, 0.25) is 0 Å². The lowest BCUT2D eigenvalue weighted by Gasteiger charge is -2.30. The van der Waals surface area contributed by atoms with Gasteiger partial charge in [0.15, 0.2) is 0 Å². The number of aliphatic hydroxyl groups excluding tert-OH is 1. The van der Waals surface area contributed by atoms with Crippen molar-refractivity contribution in [3.05, 3.63) is 24.5 Å². The molecule has 0 saturated carbocycles. The van der Waals surface area contributed by atoms with Crippen LogP contribution in [0, 0.1) is 0 Å². The molecule has 2 atom stereocenters. The van der Waals surface area contributed by atoms with Crippen molar-refractivity contribution in [3.63, 3.8) is 0 Å². The Kier molecular flexibility index (Phi) is 3.96. The second kappa shape index (κ2) is 5.35. The van der Waals surface area contributed by atoms with Gasteiger partial charge in [-0.3, -0.25) is 4.79 Å². The second-order valence-electron chi connectivity index (χ2n) is 5.42. The maximum Gasteiger partial charge on any atom is 0.248 e. The molecule has 0 radical (unpaired) electrons. The number of carbonyl (C=O) groups is 1. The van der Waals surface area contributed by atoms with Crippen LogP contribution < -0.4 is 0 Å². The molecule has 5 heteroatoms. The number of ether oxygens (including phenoxy) is 1. The van der Waals surface area contributed by atoms with Crippen LogP contribution >= 0.6 is 0 Å². The first-order chi connectivity index (χ1) is 8.96. The summed E-state index contributed by atoms with van der Waals surface area (Å²) in [6.45, 7) is 7.00. The van der Waals surface area contributed by atoms with Gasteiger partial charge in [-0.2, -0.15) is 0 Å². The van der Waals surface area contributed by atoms with Crippen LogP contribution in [-0.4, -0.2) is 52.4 Å². The molecule has 0 aliphatic carbocycles. The van der Waals surface area contributed by atoms with E-state index >= 15 is 0 Å². The molecule has 2 heterocycles. The molecule has 1 saturated heterocycles. The zero-order chi connectivity index (χ0) is 14.0. The molecule has 1 N–H and O–H groups in total. The van der Waals surface area contributed by atoms with E-state index < -0.39 is 11.6 Å². The number of hydrogen-bond acceptors (Lipinski definition) is 3. The molecule has 2 unspecified atom stereocenters. The number of likely N-dealkylation sites (tertiary alicyclic amines) is 1. The molecule has 1 aromatic heterocycles. The highest BCUT2D eigenvalue weighted by molar-refractivity contribution is 5.84. The zero-order valence-electron chi connectivity index (χ0n) is 11.7. The molecule has 19 heavy (non-hydrogen) atoms. The molecule has 1 aliphatic heterocycles. The minimum Gasteiger partial charge on any atom is -0.388 e. The minimum atomic E-state index is -0.648. The first-order valence-corrected chi connectivity index (χ1v) is 6.69. The number of rotatable bonds is 4. The summed E-state index contributed by atoms with van der Waals surface area (Å²) < 4.78 is 7.33. The lowest BCUT2D eigenvalue weighted by molar-refractivity contribution is -0.138. The van der Waals surface area contributed by atoms with Gasteiger partial charge >= 0.3 is 0 Å². The van der Waals surface area contributed by atoms with Gasteiger partial charge in [-0.15, -0.1) is 0 Å². The lowest BCUT2D eigenvalue weighted by Crippen LogP contribution is -2.46. The molecule has 0 bridgehead atoms. The highest BCUT2D eigenvalue weighted by Gasteiger charge is 2.40. The molecular formula is C14H22N2O3. The van der Waals surface area contributed by atoms with E-state index in [9.17, 15) is 9.90 Å². The van der Waals surface area contributed by atoms with Gasteiger partial charge in [0.1, 0.15) is 11.6 Å². The second-order valence-corrected chi connectivity index (χ2v) is 5.42. The molecule has 1 fully saturated rings. The average Bonchev–Trinajstić information content (AvgIpc) is 2.99. The summed E-state index contributed by atoms with van der Waals surface area (Å²) in [7, 11) is 0. The predicted molar refractivity (Wildman–Crippen MR) is 71.8 cm³/mol. The third kappa shape index (κ3) is 2.67. The summed E-state index contributed by atoms with van der Waals surface area (Å²) in [5.41, 5.74) is -0.648. The van der Waals surface area contributed by atoms with Crippen LogP contribution in [-0.2, 0) is 15.1 Å². The molecule has 0 spiro atoms. The van der Waals surface area contributed by atoms with Crippen molar-refractivity contribution in [3.8, 4) is 0 Å². The van der Waals surface area contributed by atoms with E-state index in [0.717, 1.165) is 0 Å². The third-order valence-corrected chi connectivity index (χ3v) is 3.68. The summed E-state index contributed by atoms with van der Waals surface area (Å²) in [5.74, 6) is 0.00459.